The van der Waals surface area contributed by atoms with Crippen molar-refractivity contribution in [3.8, 4) is 17.2 Å². The number of nitrogens with zero attached hydrogens (tertiary/aromatic N) is 2. The molecule has 0 fully saturated rings. The van der Waals surface area contributed by atoms with E-state index in [1.165, 1.54) is 25.3 Å². The minimum absolute atomic E-state index is 0.0699. The van der Waals surface area contributed by atoms with Crippen LogP contribution in [0.3, 0.4) is 0 Å². The number of oxazole rings is 1. The number of aliphatic hydroxyl groups is 1. The number of hydrogen-bond donors (Lipinski definition) is 3. The van der Waals surface area contributed by atoms with Crippen LogP contribution in [0.4, 0.5) is 22.0 Å². The van der Waals surface area contributed by atoms with Gasteiger partial charge >= 0.3 is 6.18 Å². The number of carbonyl (C=O) groups is 1. The van der Waals surface area contributed by atoms with Crippen LogP contribution in [0.2, 0.25) is 0 Å². The molecule has 2 heterocycles. The third kappa shape index (κ3) is 5.08. The molecule has 194 valence electrons. The molecule has 1 amide bonds. The molecule has 13 heteroatoms. The zero-order valence-corrected chi connectivity index (χ0v) is 19.1. The van der Waals surface area contributed by atoms with Gasteiger partial charge in [0.2, 0.25) is 5.89 Å². The van der Waals surface area contributed by atoms with Crippen LogP contribution in [-0.2, 0) is 12.7 Å². The maximum Gasteiger partial charge on any atom is 0.433 e. The van der Waals surface area contributed by atoms with Gasteiger partial charge < -0.3 is 25.3 Å². The van der Waals surface area contributed by atoms with Gasteiger partial charge in [-0.25, -0.2) is 18.7 Å². The van der Waals surface area contributed by atoms with Crippen LogP contribution in [0.15, 0.2) is 46.9 Å². The number of nitrogens with two attached hydrogens (primary N) is 1. The third-order valence-corrected chi connectivity index (χ3v) is 5.48. The smallest absolute Gasteiger partial charge is 0.433 e. The first-order valence-electron chi connectivity index (χ1n) is 10.7. The van der Waals surface area contributed by atoms with Crippen LogP contribution in [0.1, 0.15) is 33.5 Å². The van der Waals surface area contributed by atoms with Gasteiger partial charge in [-0.1, -0.05) is 6.07 Å². The van der Waals surface area contributed by atoms with Gasteiger partial charge in [0.15, 0.2) is 11.5 Å². The second kappa shape index (κ2) is 10.1. The number of amides is 1. The number of benzene rings is 2. The lowest BCUT2D eigenvalue weighted by Gasteiger charge is -2.17. The fourth-order valence-corrected chi connectivity index (χ4v) is 3.72. The second-order valence-corrected chi connectivity index (χ2v) is 7.78. The number of nitrogens with one attached hydrogen (secondary N) is 1. The maximum absolute atomic E-state index is 14.2. The summed E-state index contributed by atoms with van der Waals surface area (Å²) >= 11 is 0. The normalized spacial score (nSPS) is 12.5. The Bertz CT molecular complexity index is 1470. The van der Waals surface area contributed by atoms with Crippen LogP contribution < -0.4 is 15.8 Å². The van der Waals surface area contributed by atoms with Gasteiger partial charge in [-0.05, 0) is 30.3 Å². The molecular formula is C24H19F5N4O4. The number of aliphatic hydroxyl groups excluding tert-OH is 1. The fraction of sp³-hybridized carbons (Fsp3) is 0.208. The van der Waals surface area contributed by atoms with E-state index in [2.05, 4.69) is 15.3 Å². The summed E-state index contributed by atoms with van der Waals surface area (Å²) in [7, 11) is 1.28. The number of ether oxygens (including phenoxy) is 1. The summed E-state index contributed by atoms with van der Waals surface area (Å²) in [5.74, 6) is -2.84. The number of hydrogen-bond acceptors (Lipinski definition) is 7. The molecule has 4 N–H and O–H groups in total. The Labute approximate surface area is 205 Å². The Morgan fingerprint density at radius 2 is 1.92 bits per heavy atom. The molecule has 37 heavy (non-hydrogen) atoms. The van der Waals surface area contributed by atoms with Crippen LogP contribution in [-0.4, -0.2) is 34.7 Å². The summed E-state index contributed by atoms with van der Waals surface area (Å²) < 4.78 is 77.9. The van der Waals surface area contributed by atoms with Crippen LogP contribution in [0, 0.1) is 11.6 Å². The molecular weight excluding hydrogens is 503 g/mol. The molecule has 2 aromatic heterocycles. The zero-order chi connectivity index (χ0) is 26.9. The molecule has 1 atom stereocenters. The van der Waals surface area contributed by atoms with Crippen LogP contribution >= 0.6 is 0 Å². The van der Waals surface area contributed by atoms with Crippen molar-refractivity contribution >= 4 is 16.8 Å². The van der Waals surface area contributed by atoms with Gasteiger partial charge in [-0.2, -0.15) is 13.2 Å². The van der Waals surface area contributed by atoms with Gasteiger partial charge in [0.05, 0.1) is 26.3 Å². The molecule has 0 radical (unpaired) electrons. The van der Waals surface area contributed by atoms with Gasteiger partial charge in [0.1, 0.15) is 28.6 Å². The van der Waals surface area contributed by atoms with E-state index in [-0.39, 0.29) is 51.7 Å². The Morgan fingerprint density at radius 3 is 2.54 bits per heavy atom. The SMILES string of the molecule is COc1ccc(-c2nc(C(=O)NC(CO)c3ccc(F)cc3F)c(CN)o2)c2ccc(C(F)(F)F)nc12. The molecule has 0 saturated carbocycles. The Kier molecular flexibility index (Phi) is 7.09. The molecule has 0 aliphatic carbocycles. The first-order chi connectivity index (χ1) is 17.6. The number of rotatable bonds is 7. The van der Waals surface area contributed by atoms with Crippen molar-refractivity contribution in [1.29, 1.82) is 0 Å². The van der Waals surface area contributed by atoms with Crippen LogP contribution in [0.25, 0.3) is 22.4 Å². The summed E-state index contributed by atoms with van der Waals surface area (Å²) in [5, 5.41) is 12.3. The highest BCUT2D eigenvalue weighted by molar-refractivity contribution is 5.98. The molecule has 0 aliphatic rings. The Morgan fingerprint density at radius 1 is 1.16 bits per heavy atom. The van der Waals surface area contributed by atoms with E-state index >= 15 is 0 Å². The maximum atomic E-state index is 14.2. The van der Waals surface area contributed by atoms with E-state index in [9.17, 15) is 31.9 Å². The molecule has 8 nitrogen and oxygen atoms in total. The first-order valence-corrected chi connectivity index (χ1v) is 10.7. The number of aromatic nitrogens is 2. The lowest BCUT2D eigenvalue weighted by atomic mass is 10.1. The highest BCUT2D eigenvalue weighted by Gasteiger charge is 2.33. The highest BCUT2D eigenvalue weighted by Crippen LogP contribution is 2.37. The van der Waals surface area contributed by atoms with E-state index in [0.717, 1.165) is 18.2 Å². The second-order valence-electron chi connectivity index (χ2n) is 7.78. The average Bonchev–Trinajstić information content (AvgIpc) is 3.30. The van der Waals surface area contributed by atoms with Crippen molar-refractivity contribution in [2.75, 3.05) is 13.7 Å². The van der Waals surface area contributed by atoms with Gasteiger partial charge in [0, 0.05) is 22.6 Å². The summed E-state index contributed by atoms with van der Waals surface area (Å²) in [6, 6.07) is 6.21. The standard InChI is InChI=1S/C24H19F5N4O4/c1-36-17-6-4-13(12-5-7-19(24(27,28)29)32-20(12)17)23-33-21(18(9-30)37-23)22(35)31-16(10-34)14-3-2-11(25)8-15(14)26/h2-8,16,34H,9-10,30H2,1H3,(H,31,35). The quantitative estimate of drug-likeness (QED) is 0.312. The topological polar surface area (TPSA) is 124 Å². The lowest BCUT2D eigenvalue weighted by Crippen LogP contribution is -2.32. The molecule has 0 spiro atoms. The lowest BCUT2D eigenvalue weighted by molar-refractivity contribution is -0.140. The Hall–Kier alpha value is -4.10. The highest BCUT2D eigenvalue weighted by atomic mass is 19.4. The molecule has 0 aliphatic heterocycles. The zero-order valence-electron chi connectivity index (χ0n) is 19.1. The number of alkyl halides is 3. The fourth-order valence-electron chi connectivity index (χ4n) is 3.72. The molecule has 0 saturated heterocycles. The van der Waals surface area contributed by atoms with Gasteiger partial charge in [-0.15, -0.1) is 0 Å². The molecule has 1 unspecified atom stereocenters. The predicted molar refractivity (Wildman–Crippen MR) is 120 cm³/mol. The van der Waals surface area contributed by atoms with Crippen molar-refractivity contribution in [3.63, 3.8) is 0 Å². The minimum atomic E-state index is -4.69. The molecule has 4 aromatic rings. The van der Waals surface area contributed by atoms with Crippen molar-refractivity contribution < 1.29 is 41.0 Å². The minimum Gasteiger partial charge on any atom is -0.494 e. The van der Waals surface area contributed by atoms with E-state index < -0.39 is 42.1 Å². The van der Waals surface area contributed by atoms with Crippen LogP contribution in [0.5, 0.6) is 5.75 Å². The average molecular weight is 522 g/mol. The van der Waals surface area contributed by atoms with E-state index in [4.69, 9.17) is 14.9 Å². The number of halogens is 5. The van der Waals surface area contributed by atoms with E-state index in [1.807, 2.05) is 0 Å². The van der Waals surface area contributed by atoms with Gasteiger partial charge in [0.25, 0.3) is 5.91 Å². The number of fused-ring (bicyclic) bond motifs is 1. The molecule has 2 aromatic carbocycles. The van der Waals surface area contributed by atoms with Crippen molar-refractivity contribution in [3.05, 3.63) is 76.8 Å². The predicted octanol–water partition coefficient (Wildman–Crippen LogP) is 4.12. The number of carbonyl (C=O) groups excluding carboxylic acids is 1. The van der Waals surface area contributed by atoms with Crippen molar-refractivity contribution in [1.82, 2.24) is 15.3 Å². The van der Waals surface area contributed by atoms with Crippen molar-refractivity contribution in [2.45, 2.75) is 18.8 Å². The summed E-state index contributed by atoms with van der Waals surface area (Å²) in [4.78, 5) is 20.8. The van der Waals surface area contributed by atoms with E-state index in [1.54, 1.807) is 0 Å². The summed E-state index contributed by atoms with van der Waals surface area (Å²) in [5.41, 5.74) is 4.21. The largest absolute Gasteiger partial charge is 0.494 e. The number of pyridine rings is 1. The molecule has 4 rings (SSSR count). The van der Waals surface area contributed by atoms with E-state index in [0.29, 0.717) is 6.07 Å². The Balaban J connectivity index is 1.74. The van der Waals surface area contributed by atoms with Gasteiger partial charge in [-0.3, -0.25) is 4.79 Å². The third-order valence-electron chi connectivity index (χ3n) is 5.48. The summed E-state index contributed by atoms with van der Waals surface area (Å²) in [6.07, 6.45) is -4.69. The molecule has 0 bridgehead atoms. The number of methoxy groups -OCH3 is 1. The summed E-state index contributed by atoms with van der Waals surface area (Å²) in [6.45, 7) is -0.998. The first kappa shape index (κ1) is 26.0. The monoisotopic (exact) mass is 522 g/mol. The van der Waals surface area contributed by atoms with Crippen molar-refractivity contribution in [2.24, 2.45) is 5.73 Å².